The van der Waals surface area contributed by atoms with Crippen LogP contribution < -0.4 is 10.9 Å². The maximum Gasteiger partial charge on any atom is 0.267 e. The molecule has 1 aromatic heterocycles. The Bertz CT molecular complexity index is 986. The highest BCUT2D eigenvalue weighted by Crippen LogP contribution is 2.19. The number of nitrogens with zero attached hydrogens (tertiary/aromatic N) is 2. The van der Waals surface area contributed by atoms with Crippen LogP contribution in [0.5, 0.6) is 0 Å². The van der Waals surface area contributed by atoms with Gasteiger partial charge < -0.3 is 5.32 Å². The van der Waals surface area contributed by atoms with Crippen molar-refractivity contribution in [2.75, 3.05) is 5.32 Å². The summed E-state index contributed by atoms with van der Waals surface area (Å²) in [6.45, 7) is -0.421. The predicted octanol–water partition coefficient (Wildman–Crippen LogP) is 2.83. The first kappa shape index (κ1) is 16.5. The molecule has 0 saturated carbocycles. The van der Waals surface area contributed by atoms with Gasteiger partial charge in [-0.05, 0) is 30.3 Å². The first-order chi connectivity index (χ1) is 12.0. The third-order valence-electron chi connectivity index (χ3n) is 3.46. The predicted molar refractivity (Wildman–Crippen MR) is 88.9 cm³/mol. The second kappa shape index (κ2) is 7.04. The number of nitrogens with one attached hydrogen (secondary N) is 1. The second-order valence-corrected chi connectivity index (χ2v) is 5.22. The quantitative estimate of drug-likeness (QED) is 0.794. The van der Waals surface area contributed by atoms with E-state index < -0.39 is 29.6 Å². The Hall–Kier alpha value is -3.35. The van der Waals surface area contributed by atoms with Gasteiger partial charge in [-0.2, -0.15) is 5.10 Å². The topological polar surface area (TPSA) is 64.0 Å². The fourth-order valence-corrected chi connectivity index (χ4v) is 2.26. The molecule has 0 atom stereocenters. The minimum atomic E-state index is -0.620. The van der Waals surface area contributed by atoms with Crippen molar-refractivity contribution in [1.29, 1.82) is 0 Å². The van der Waals surface area contributed by atoms with Crippen LogP contribution in [0.4, 0.5) is 14.5 Å². The number of anilines is 1. The van der Waals surface area contributed by atoms with Crippen molar-refractivity contribution < 1.29 is 13.6 Å². The van der Waals surface area contributed by atoms with Crippen LogP contribution in [-0.2, 0) is 11.3 Å². The Balaban J connectivity index is 1.84. The van der Waals surface area contributed by atoms with E-state index in [0.717, 1.165) is 4.68 Å². The lowest BCUT2D eigenvalue weighted by Gasteiger charge is -2.09. The molecular formula is C18H13F2N3O2. The highest BCUT2D eigenvalue weighted by Gasteiger charge is 2.11. The molecule has 126 valence electrons. The summed E-state index contributed by atoms with van der Waals surface area (Å²) in [6, 6.07) is 14.2. The molecule has 0 saturated heterocycles. The zero-order valence-electron chi connectivity index (χ0n) is 12.9. The molecule has 7 heteroatoms. The molecule has 0 bridgehead atoms. The Kier molecular flexibility index (Phi) is 4.65. The molecule has 3 aromatic rings. The SMILES string of the molecule is O=C(Cn1nc(-c2ccccc2F)ccc1=O)Nc1ccccc1F. The van der Waals surface area contributed by atoms with Crippen LogP contribution >= 0.6 is 0 Å². The number of aromatic nitrogens is 2. The molecule has 0 unspecified atom stereocenters. The summed E-state index contributed by atoms with van der Waals surface area (Å²) < 4.78 is 28.3. The molecule has 2 aromatic carbocycles. The van der Waals surface area contributed by atoms with E-state index in [4.69, 9.17) is 0 Å². The van der Waals surface area contributed by atoms with Crippen molar-refractivity contribution in [3.8, 4) is 11.3 Å². The zero-order valence-corrected chi connectivity index (χ0v) is 12.9. The molecule has 25 heavy (non-hydrogen) atoms. The summed E-state index contributed by atoms with van der Waals surface area (Å²) in [6.07, 6.45) is 0. The molecule has 1 N–H and O–H groups in total. The van der Waals surface area contributed by atoms with E-state index >= 15 is 0 Å². The van der Waals surface area contributed by atoms with E-state index in [1.165, 1.54) is 48.5 Å². The van der Waals surface area contributed by atoms with Gasteiger partial charge in [0.25, 0.3) is 5.56 Å². The smallest absolute Gasteiger partial charge is 0.267 e. The van der Waals surface area contributed by atoms with Crippen LogP contribution in [0.1, 0.15) is 0 Å². The molecule has 0 aliphatic carbocycles. The molecular weight excluding hydrogens is 328 g/mol. The number of hydrogen-bond donors (Lipinski definition) is 1. The summed E-state index contributed by atoms with van der Waals surface area (Å²) in [5, 5.41) is 6.39. The first-order valence-corrected chi connectivity index (χ1v) is 7.42. The Labute approximate surface area is 141 Å². The third-order valence-corrected chi connectivity index (χ3v) is 3.46. The van der Waals surface area contributed by atoms with E-state index in [0.29, 0.717) is 0 Å². The maximum atomic E-state index is 13.9. The van der Waals surface area contributed by atoms with Crippen LogP contribution in [0.2, 0.25) is 0 Å². The fraction of sp³-hybridized carbons (Fsp3) is 0.0556. The Morgan fingerprint density at radius 3 is 2.36 bits per heavy atom. The molecule has 0 aliphatic rings. The van der Waals surface area contributed by atoms with Gasteiger partial charge in [0.15, 0.2) is 0 Å². The van der Waals surface area contributed by atoms with E-state index in [2.05, 4.69) is 10.4 Å². The highest BCUT2D eigenvalue weighted by atomic mass is 19.1. The molecule has 3 rings (SSSR count). The van der Waals surface area contributed by atoms with Crippen molar-refractivity contribution in [2.24, 2.45) is 0 Å². The highest BCUT2D eigenvalue weighted by molar-refractivity contribution is 5.90. The number of rotatable bonds is 4. The van der Waals surface area contributed by atoms with Crippen molar-refractivity contribution >= 4 is 11.6 Å². The second-order valence-electron chi connectivity index (χ2n) is 5.22. The molecule has 0 spiro atoms. The fourth-order valence-electron chi connectivity index (χ4n) is 2.26. The van der Waals surface area contributed by atoms with Gasteiger partial charge in [-0.25, -0.2) is 13.5 Å². The van der Waals surface area contributed by atoms with Crippen molar-refractivity contribution in [2.45, 2.75) is 6.54 Å². The Morgan fingerprint density at radius 2 is 1.64 bits per heavy atom. The van der Waals surface area contributed by atoms with Gasteiger partial charge in [0.2, 0.25) is 5.91 Å². The average molecular weight is 341 g/mol. The summed E-state index contributed by atoms with van der Waals surface area (Å²) in [5.41, 5.74) is -0.0864. The van der Waals surface area contributed by atoms with E-state index in [9.17, 15) is 18.4 Å². The van der Waals surface area contributed by atoms with Crippen LogP contribution in [0.25, 0.3) is 11.3 Å². The standard InChI is InChI=1S/C18H13F2N3O2/c19-13-6-2-1-5-12(13)15-9-10-18(25)23(22-15)11-17(24)21-16-8-4-3-7-14(16)20/h1-10H,11H2,(H,21,24). The maximum absolute atomic E-state index is 13.9. The normalized spacial score (nSPS) is 10.5. The molecule has 0 radical (unpaired) electrons. The average Bonchev–Trinajstić information content (AvgIpc) is 2.59. The number of benzene rings is 2. The minimum Gasteiger partial charge on any atom is -0.322 e. The van der Waals surface area contributed by atoms with Gasteiger partial charge in [0.1, 0.15) is 18.2 Å². The van der Waals surface area contributed by atoms with Crippen molar-refractivity contribution in [1.82, 2.24) is 9.78 Å². The van der Waals surface area contributed by atoms with Crippen molar-refractivity contribution in [3.05, 3.63) is 82.7 Å². The van der Waals surface area contributed by atoms with E-state index in [-0.39, 0.29) is 16.9 Å². The van der Waals surface area contributed by atoms with Gasteiger partial charge >= 0.3 is 0 Å². The largest absolute Gasteiger partial charge is 0.322 e. The monoisotopic (exact) mass is 341 g/mol. The van der Waals surface area contributed by atoms with Gasteiger partial charge in [-0.1, -0.05) is 24.3 Å². The van der Waals surface area contributed by atoms with E-state index in [1.807, 2.05) is 0 Å². The van der Waals surface area contributed by atoms with Gasteiger partial charge in [0, 0.05) is 11.6 Å². The van der Waals surface area contributed by atoms with Gasteiger partial charge in [0.05, 0.1) is 11.4 Å². The molecule has 0 aliphatic heterocycles. The summed E-state index contributed by atoms with van der Waals surface area (Å²) in [7, 11) is 0. The van der Waals surface area contributed by atoms with Crippen LogP contribution in [0.3, 0.4) is 0 Å². The summed E-state index contributed by atoms with van der Waals surface area (Å²) >= 11 is 0. The van der Waals surface area contributed by atoms with Gasteiger partial charge in [-0.3, -0.25) is 9.59 Å². The molecule has 0 fully saturated rings. The van der Waals surface area contributed by atoms with Gasteiger partial charge in [-0.15, -0.1) is 0 Å². The lowest BCUT2D eigenvalue weighted by molar-refractivity contribution is -0.117. The minimum absolute atomic E-state index is 0.00538. The molecule has 1 amide bonds. The van der Waals surface area contributed by atoms with Crippen LogP contribution in [-0.4, -0.2) is 15.7 Å². The first-order valence-electron chi connectivity index (χ1n) is 7.42. The van der Waals surface area contributed by atoms with Crippen LogP contribution in [0, 0.1) is 11.6 Å². The lowest BCUT2D eigenvalue weighted by Crippen LogP contribution is -2.29. The van der Waals surface area contributed by atoms with E-state index in [1.54, 1.807) is 12.1 Å². The van der Waals surface area contributed by atoms with Crippen LogP contribution in [0.15, 0.2) is 65.5 Å². The summed E-state index contributed by atoms with van der Waals surface area (Å²) in [5.74, 6) is -1.70. The number of halogens is 2. The number of carbonyl (C=O) groups is 1. The summed E-state index contributed by atoms with van der Waals surface area (Å²) in [4.78, 5) is 23.9. The lowest BCUT2D eigenvalue weighted by atomic mass is 10.1. The third kappa shape index (κ3) is 3.77. The Morgan fingerprint density at radius 1 is 0.960 bits per heavy atom. The number of hydrogen-bond acceptors (Lipinski definition) is 3. The molecule has 5 nitrogen and oxygen atoms in total. The molecule has 1 heterocycles. The zero-order chi connectivity index (χ0) is 17.8. The number of carbonyl (C=O) groups excluding carboxylic acids is 1. The van der Waals surface area contributed by atoms with Crippen molar-refractivity contribution in [3.63, 3.8) is 0 Å². The number of para-hydroxylation sites is 1. The number of amides is 1.